The van der Waals surface area contributed by atoms with E-state index >= 15 is 0 Å². The van der Waals surface area contributed by atoms with Crippen LogP contribution in [0, 0.1) is 0 Å². The molecule has 1 saturated heterocycles. The second kappa shape index (κ2) is 4.69. The zero-order chi connectivity index (χ0) is 7.23. The third-order valence-electron chi connectivity index (χ3n) is 1.99. The van der Waals surface area contributed by atoms with Crippen LogP contribution in [0.5, 0.6) is 0 Å². The minimum absolute atomic E-state index is 1.11. The second-order valence-electron chi connectivity index (χ2n) is 2.98. The van der Waals surface area contributed by atoms with Gasteiger partial charge in [-0.1, -0.05) is 13.3 Å². The molecule has 0 aromatic rings. The number of hydrogen-bond acceptors (Lipinski definition) is 2. The predicted octanol–water partition coefficient (Wildman–Crippen LogP) is 1.04. The third kappa shape index (κ3) is 2.67. The highest BCUT2D eigenvalue weighted by Gasteiger charge is 2.06. The van der Waals surface area contributed by atoms with Crippen LogP contribution in [0.2, 0.25) is 0 Å². The topological polar surface area (TPSA) is 15.3 Å². The fourth-order valence-electron chi connectivity index (χ4n) is 1.32. The Labute approximate surface area is 63.6 Å². The summed E-state index contributed by atoms with van der Waals surface area (Å²) in [5.74, 6) is 0. The summed E-state index contributed by atoms with van der Waals surface area (Å²) < 4.78 is 0. The van der Waals surface area contributed by atoms with Gasteiger partial charge >= 0.3 is 0 Å². The van der Waals surface area contributed by atoms with E-state index in [4.69, 9.17) is 0 Å². The average Bonchev–Trinajstić information content (AvgIpc) is 2.03. The number of unbranched alkanes of at least 4 members (excludes halogenated alkanes) is 1. The van der Waals surface area contributed by atoms with E-state index in [1.54, 1.807) is 0 Å². The molecule has 0 spiro atoms. The van der Waals surface area contributed by atoms with Crippen molar-refractivity contribution in [1.82, 2.24) is 10.2 Å². The molecule has 0 unspecified atom stereocenters. The molecule has 0 atom stereocenters. The number of nitrogens with zero attached hydrogens (tertiary/aromatic N) is 1. The molecule has 1 aliphatic heterocycles. The Morgan fingerprint density at radius 2 is 2.40 bits per heavy atom. The average molecular weight is 142 g/mol. The van der Waals surface area contributed by atoms with Gasteiger partial charge in [-0.2, -0.15) is 0 Å². The van der Waals surface area contributed by atoms with Crippen molar-refractivity contribution in [3.8, 4) is 0 Å². The van der Waals surface area contributed by atoms with Gasteiger partial charge in [0.25, 0.3) is 0 Å². The zero-order valence-corrected chi connectivity index (χ0v) is 6.90. The summed E-state index contributed by atoms with van der Waals surface area (Å²) in [5, 5.41) is 3.37. The van der Waals surface area contributed by atoms with Crippen molar-refractivity contribution < 1.29 is 0 Å². The van der Waals surface area contributed by atoms with Crippen LogP contribution in [0.1, 0.15) is 26.2 Å². The molecule has 0 aromatic carbocycles. The standard InChI is InChI=1S/C8H18N2/c1-2-3-6-10-7-4-5-9-8-10/h9H,2-8H2,1H3. The van der Waals surface area contributed by atoms with Crippen LogP contribution in [0.4, 0.5) is 0 Å². The summed E-state index contributed by atoms with van der Waals surface area (Å²) in [6.45, 7) is 7.15. The Kier molecular flexibility index (Phi) is 3.76. The van der Waals surface area contributed by atoms with E-state index in [1.807, 2.05) is 0 Å². The van der Waals surface area contributed by atoms with Crippen LogP contribution >= 0.6 is 0 Å². The third-order valence-corrected chi connectivity index (χ3v) is 1.99. The summed E-state index contributed by atoms with van der Waals surface area (Å²) in [6.07, 6.45) is 3.99. The second-order valence-corrected chi connectivity index (χ2v) is 2.98. The van der Waals surface area contributed by atoms with Crippen LogP contribution in [0.25, 0.3) is 0 Å². The lowest BCUT2D eigenvalue weighted by Crippen LogP contribution is -2.41. The molecule has 0 bridgehead atoms. The Morgan fingerprint density at radius 1 is 1.50 bits per heavy atom. The largest absolute Gasteiger partial charge is 0.304 e. The molecule has 60 valence electrons. The van der Waals surface area contributed by atoms with Crippen molar-refractivity contribution in [2.75, 3.05) is 26.3 Å². The van der Waals surface area contributed by atoms with Crippen molar-refractivity contribution in [3.05, 3.63) is 0 Å². The molecule has 0 aliphatic carbocycles. The fourth-order valence-corrected chi connectivity index (χ4v) is 1.32. The summed E-state index contributed by atoms with van der Waals surface area (Å²) in [5.41, 5.74) is 0. The van der Waals surface area contributed by atoms with Crippen molar-refractivity contribution >= 4 is 0 Å². The SMILES string of the molecule is CCCCN1CCCNC1. The highest BCUT2D eigenvalue weighted by molar-refractivity contribution is 4.62. The lowest BCUT2D eigenvalue weighted by Gasteiger charge is -2.26. The molecule has 0 amide bonds. The smallest absolute Gasteiger partial charge is 0.0480 e. The van der Waals surface area contributed by atoms with Gasteiger partial charge in [0.15, 0.2) is 0 Å². The number of rotatable bonds is 3. The van der Waals surface area contributed by atoms with Gasteiger partial charge in [0, 0.05) is 13.2 Å². The van der Waals surface area contributed by atoms with Gasteiger partial charge in [-0.3, -0.25) is 4.90 Å². The summed E-state index contributed by atoms with van der Waals surface area (Å²) >= 11 is 0. The van der Waals surface area contributed by atoms with Gasteiger partial charge in [-0.05, 0) is 25.9 Å². The first-order valence-electron chi connectivity index (χ1n) is 4.36. The molecule has 1 rings (SSSR count). The highest BCUT2D eigenvalue weighted by atomic mass is 15.2. The molecule has 10 heavy (non-hydrogen) atoms. The van der Waals surface area contributed by atoms with Crippen molar-refractivity contribution in [2.45, 2.75) is 26.2 Å². The maximum atomic E-state index is 3.37. The maximum Gasteiger partial charge on any atom is 0.0480 e. The monoisotopic (exact) mass is 142 g/mol. The first kappa shape index (κ1) is 8.02. The van der Waals surface area contributed by atoms with Crippen molar-refractivity contribution in [1.29, 1.82) is 0 Å². The fraction of sp³-hybridized carbons (Fsp3) is 1.00. The summed E-state index contributed by atoms with van der Waals surface area (Å²) in [7, 11) is 0. The van der Waals surface area contributed by atoms with E-state index in [0.29, 0.717) is 0 Å². The zero-order valence-electron chi connectivity index (χ0n) is 6.90. The van der Waals surface area contributed by atoms with Gasteiger partial charge in [-0.15, -0.1) is 0 Å². The first-order chi connectivity index (χ1) is 4.93. The molecule has 0 saturated carbocycles. The van der Waals surface area contributed by atoms with Crippen LogP contribution < -0.4 is 5.32 Å². The molecule has 1 aliphatic rings. The lowest BCUT2D eigenvalue weighted by molar-refractivity contribution is 0.213. The van der Waals surface area contributed by atoms with E-state index in [0.717, 1.165) is 6.67 Å². The summed E-state index contributed by atoms with van der Waals surface area (Å²) in [6, 6.07) is 0. The van der Waals surface area contributed by atoms with Crippen molar-refractivity contribution in [2.24, 2.45) is 0 Å². The highest BCUT2D eigenvalue weighted by Crippen LogP contribution is 1.98. The Balaban J connectivity index is 2.02. The molecule has 1 N–H and O–H groups in total. The van der Waals surface area contributed by atoms with Gasteiger partial charge in [0.05, 0.1) is 0 Å². The Bertz CT molecular complexity index is 77.3. The molecular formula is C8H18N2. The van der Waals surface area contributed by atoms with Crippen LogP contribution in [-0.2, 0) is 0 Å². The Hall–Kier alpha value is -0.0800. The maximum absolute atomic E-state index is 3.37. The molecule has 1 fully saturated rings. The first-order valence-corrected chi connectivity index (χ1v) is 4.36. The molecular weight excluding hydrogens is 124 g/mol. The van der Waals surface area contributed by atoms with Gasteiger partial charge in [-0.25, -0.2) is 0 Å². The van der Waals surface area contributed by atoms with E-state index in [9.17, 15) is 0 Å². The predicted molar refractivity (Wildman–Crippen MR) is 44.0 cm³/mol. The lowest BCUT2D eigenvalue weighted by atomic mass is 10.3. The molecule has 0 radical (unpaired) electrons. The Morgan fingerprint density at radius 3 is 3.00 bits per heavy atom. The van der Waals surface area contributed by atoms with Gasteiger partial charge in [0.2, 0.25) is 0 Å². The number of nitrogens with one attached hydrogen (secondary N) is 1. The van der Waals surface area contributed by atoms with Crippen LogP contribution in [-0.4, -0.2) is 31.2 Å². The number of hydrogen-bond donors (Lipinski definition) is 1. The normalized spacial score (nSPS) is 21.3. The van der Waals surface area contributed by atoms with Gasteiger partial charge < -0.3 is 5.32 Å². The molecule has 2 nitrogen and oxygen atoms in total. The van der Waals surface area contributed by atoms with Crippen LogP contribution in [0.15, 0.2) is 0 Å². The quantitative estimate of drug-likeness (QED) is 0.633. The minimum atomic E-state index is 1.11. The van der Waals surface area contributed by atoms with Crippen molar-refractivity contribution in [3.63, 3.8) is 0 Å². The van der Waals surface area contributed by atoms with Crippen LogP contribution in [0.3, 0.4) is 0 Å². The molecule has 2 heteroatoms. The van der Waals surface area contributed by atoms with E-state index in [-0.39, 0.29) is 0 Å². The van der Waals surface area contributed by atoms with E-state index in [2.05, 4.69) is 17.1 Å². The van der Waals surface area contributed by atoms with E-state index < -0.39 is 0 Å². The van der Waals surface area contributed by atoms with E-state index in [1.165, 1.54) is 38.9 Å². The molecule has 0 aromatic heterocycles. The van der Waals surface area contributed by atoms with Gasteiger partial charge in [0.1, 0.15) is 0 Å². The molecule has 1 heterocycles. The summed E-state index contributed by atoms with van der Waals surface area (Å²) in [4.78, 5) is 2.49. The minimum Gasteiger partial charge on any atom is -0.304 e.